The number of Topliss-reactive ketones (excluding diaryl/α,β-unsaturated/α-hetero) is 1. The molecule has 1 heterocycles. The van der Waals surface area contributed by atoms with E-state index < -0.39 is 17.6 Å². The lowest BCUT2D eigenvalue weighted by atomic mass is 10.0. The Labute approximate surface area is 191 Å². The standard InChI is InChI=1S/C23H15ClFN5O3/c24-14-10-11-17(23(32)33)20(12-14)26-13-18(21(31)16-8-4-5-9-19(16)25)22-27-28-29-30(22)15-6-2-1-3-7-15/h1-13,26H,(H,32,33)/b18-13-. The fourth-order valence-electron chi connectivity index (χ4n) is 3.09. The molecular weight excluding hydrogens is 449 g/mol. The largest absolute Gasteiger partial charge is 0.478 e. The van der Waals surface area contributed by atoms with Crippen LogP contribution in [0.1, 0.15) is 26.5 Å². The van der Waals surface area contributed by atoms with Crippen LogP contribution in [0.5, 0.6) is 0 Å². The summed E-state index contributed by atoms with van der Waals surface area (Å²) >= 11 is 6.01. The van der Waals surface area contributed by atoms with Crippen LogP contribution in [0.15, 0.2) is 79.0 Å². The SMILES string of the molecule is O=C(/C(=C/Nc1cc(Cl)ccc1C(=O)O)c1nnnn1-c1ccccc1)c1ccccc1F. The number of carboxylic acid groups (broad SMARTS) is 1. The average Bonchev–Trinajstić information content (AvgIpc) is 3.29. The lowest BCUT2D eigenvalue weighted by Gasteiger charge is -2.11. The normalized spacial score (nSPS) is 11.3. The van der Waals surface area contributed by atoms with Gasteiger partial charge in [-0.15, -0.1) is 5.10 Å². The second-order valence-electron chi connectivity index (χ2n) is 6.76. The third-order valence-corrected chi connectivity index (χ3v) is 4.89. The highest BCUT2D eigenvalue weighted by Gasteiger charge is 2.24. The summed E-state index contributed by atoms with van der Waals surface area (Å²) in [6.45, 7) is 0. The van der Waals surface area contributed by atoms with Gasteiger partial charge in [0.15, 0.2) is 5.82 Å². The van der Waals surface area contributed by atoms with E-state index in [0.29, 0.717) is 5.69 Å². The maximum atomic E-state index is 14.4. The average molecular weight is 464 g/mol. The molecule has 0 radical (unpaired) electrons. The number of nitrogens with one attached hydrogen (secondary N) is 1. The molecule has 0 amide bonds. The fourth-order valence-corrected chi connectivity index (χ4v) is 3.26. The van der Waals surface area contributed by atoms with Crippen LogP contribution in [0.4, 0.5) is 10.1 Å². The molecule has 4 aromatic rings. The number of hydrogen-bond acceptors (Lipinski definition) is 6. The van der Waals surface area contributed by atoms with Crippen LogP contribution < -0.4 is 5.32 Å². The summed E-state index contributed by atoms with van der Waals surface area (Å²) in [5.41, 5.74) is 0.338. The number of nitrogens with zero attached hydrogens (tertiary/aromatic N) is 4. The number of rotatable bonds is 7. The van der Waals surface area contributed by atoms with E-state index in [1.54, 1.807) is 24.3 Å². The van der Waals surface area contributed by atoms with Gasteiger partial charge in [-0.1, -0.05) is 41.9 Å². The van der Waals surface area contributed by atoms with Crippen LogP contribution in [0.3, 0.4) is 0 Å². The number of aromatic nitrogens is 4. The van der Waals surface area contributed by atoms with Gasteiger partial charge in [-0.25, -0.2) is 9.18 Å². The summed E-state index contributed by atoms with van der Waals surface area (Å²) in [5, 5.41) is 24.1. The van der Waals surface area contributed by atoms with Crippen molar-refractivity contribution in [3.63, 3.8) is 0 Å². The quantitative estimate of drug-likeness (QED) is 0.307. The van der Waals surface area contributed by atoms with E-state index in [9.17, 15) is 19.1 Å². The topological polar surface area (TPSA) is 110 Å². The molecule has 33 heavy (non-hydrogen) atoms. The number of carbonyl (C=O) groups is 2. The highest BCUT2D eigenvalue weighted by atomic mass is 35.5. The van der Waals surface area contributed by atoms with E-state index >= 15 is 0 Å². The summed E-state index contributed by atoms with van der Waals surface area (Å²) < 4.78 is 15.8. The van der Waals surface area contributed by atoms with Crippen LogP contribution in [0.25, 0.3) is 11.3 Å². The first kappa shape index (κ1) is 21.8. The van der Waals surface area contributed by atoms with Crippen molar-refractivity contribution in [1.82, 2.24) is 20.2 Å². The summed E-state index contributed by atoms with van der Waals surface area (Å²) in [6.07, 6.45) is 1.23. The molecule has 0 aliphatic rings. The van der Waals surface area contributed by atoms with Gasteiger partial charge in [0.1, 0.15) is 5.82 Å². The Hall–Kier alpha value is -4.37. The van der Waals surface area contributed by atoms with Crippen LogP contribution in [0.2, 0.25) is 5.02 Å². The van der Waals surface area contributed by atoms with Gasteiger partial charge in [-0.05, 0) is 52.9 Å². The van der Waals surface area contributed by atoms with Crippen LogP contribution in [-0.2, 0) is 0 Å². The predicted octanol–water partition coefficient (Wildman–Crippen LogP) is 4.49. The van der Waals surface area contributed by atoms with E-state index in [-0.39, 0.29) is 33.2 Å². The molecule has 0 saturated carbocycles. The second kappa shape index (κ2) is 9.41. The zero-order valence-corrected chi connectivity index (χ0v) is 17.6. The Bertz CT molecular complexity index is 1370. The number of para-hydroxylation sites is 1. The van der Waals surface area contributed by atoms with Crippen molar-refractivity contribution in [2.45, 2.75) is 0 Å². The number of tetrazole rings is 1. The number of allylic oxidation sites excluding steroid dienone is 1. The third kappa shape index (κ3) is 4.63. The zero-order valence-electron chi connectivity index (χ0n) is 16.8. The molecule has 0 spiro atoms. The molecule has 3 aromatic carbocycles. The molecule has 164 valence electrons. The first-order chi connectivity index (χ1) is 16.0. The number of hydrogen-bond donors (Lipinski definition) is 2. The number of anilines is 1. The molecule has 1 aromatic heterocycles. The number of carboxylic acids is 1. The maximum Gasteiger partial charge on any atom is 0.337 e. The lowest BCUT2D eigenvalue weighted by Crippen LogP contribution is -2.13. The van der Waals surface area contributed by atoms with Crippen molar-refractivity contribution in [3.8, 4) is 5.69 Å². The molecule has 0 unspecified atom stereocenters. The van der Waals surface area contributed by atoms with Crippen LogP contribution in [0, 0.1) is 5.82 Å². The maximum absolute atomic E-state index is 14.4. The van der Waals surface area contributed by atoms with Crippen molar-refractivity contribution in [2.75, 3.05) is 5.32 Å². The molecule has 0 aliphatic carbocycles. The van der Waals surface area contributed by atoms with Crippen LogP contribution in [-0.4, -0.2) is 37.1 Å². The first-order valence-electron chi connectivity index (χ1n) is 9.58. The monoisotopic (exact) mass is 463 g/mol. The number of halogens is 2. The number of benzene rings is 3. The predicted molar refractivity (Wildman–Crippen MR) is 120 cm³/mol. The van der Waals surface area contributed by atoms with Crippen molar-refractivity contribution in [2.24, 2.45) is 0 Å². The van der Waals surface area contributed by atoms with Crippen molar-refractivity contribution in [3.05, 3.63) is 107 Å². The minimum Gasteiger partial charge on any atom is -0.478 e. The van der Waals surface area contributed by atoms with E-state index in [4.69, 9.17) is 11.6 Å². The van der Waals surface area contributed by atoms with Gasteiger partial charge in [-0.3, -0.25) is 4.79 Å². The minimum absolute atomic E-state index is 0.0286. The van der Waals surface area contributed by atoms with Gasteiger partial charge in [0.2, 0.25) is 5.78 Å². The summed E-state index contributed by atoms with van der Waals surface area (Å²) in [7, 11) is 0. The Morgan fingerprint density at radius 3 is 2.45 bits per heavy atom. The van der Waals surface area contributed by atoms with Gasteiger partial charge in [0.25, 0.3) is 0 Å². The van der Waals surface area contributed by atoms with Gasteiger partial charge in [0, 0.05) is 11.2 Å². The van der Waals surface area contributed by atoms with Gasteiger partial charge < -0.3 is 10.4 Å². The molecule has 10 heteroatoms. The Morgan fingerprint density at radius 1 is 1.00 bits per heavy atom. The van der Waals surface area contributed by atoms with Gasteiger partial charge in [-0.2, -0.15) is 4.68 Å². The molecule has 8 nitrogen and oxygen atoms in total. The Kier molecular flexibility index (Phi) is 6.23. The number of aromatic carboxylic acids is 1. The highest BCUT2D eigenvalue weighted by molar-refractivity contribution is 6.31. The lowest BCUT2D eigenvalue weighted by molar-refractivity contribution is 0.0697. The molecular formula is C23H15ClFN5O3. The number of carbonyl (C=O) groups excluding carboxylic acids is 1. The first-order valence-corrected chi connectivity index (χ1v) is 9.96. The summed E-state index contributed by atoms with van der Waals surface area (Å²) in [4.78, 5) is 24.9. The van der Waals surface area contributed by atoms with E-state index in [1.165, 1.54) is 47.3 Å². The zero-order chi connectivity index (χ0) is 23.4. The molecule has 0 fully saturated rings. The molecule has 2 N–H and O–H groups in total. The minimum atomic E-state index is -1.20. The van der Waals surface area contributed by atoms with E-state index in [2.05, 4.69) is 20.8 Å². The smallest absolute Gasteiger partial charge is 0.337 e. The Balaban J connectivity index is 1.85. The molecule has 0 aliphatic heterocycles. The molecule has 0 atom stereocenters. The third-order valence-electron chi connectivity index (χ3n) is 4.66. The summed E-state index contributed by atoms with van der Waals surface area (Å²) in [6, 6.07) is 18.5. The number of ketones is 1. The van der Waals surface area contributed by atoms with Crippen molar-refractivity contribution < 1.29 is 19.1 Å². The second-order valence-corrected chi connectivity index (χ2v) is 7.19. The van der Waals surface area contributed by atoms with Crippen molar-refractivity contribution >= 4 is 34.6 Å². The van der Waals surface area contributed by atoms with E-state index in [0.717, 1.165) is 6.07 Å². The van der Waals surface area contributed by atoms with Gasteiger partial charge >= 0.3 is 5.97 Å². The van der Waals surface area contributed by atoms with Crippen LogP contribution >= 0.6 is 11.6 Å². The highest BCUT2D eigenvalue weighted by Crippen LogP contribution is 2.25. The Morgan fingerprint density at radius 2 is 1.73 bits per heavy atom. The summed E-state index contributed by atoms with van der Waals surface area (Å²) in [5.74, 6) is -2.59. The van der Waals surface area contributed by atoms with Crippen molar-refractivity contribution in [1.29, 1.82) is 0 Å². The molecule has 0 saturated heterocycles. The fraction of sp³-hybridized carbons (Fsp3) is 0. The van der Waals surface area contributed by atoms with E-state index in [1.807, 2.05) is 6.07 Å². The van der Waals surface area contributed by atoms with Gasteiger partial charge in [0.05, 0.1) is 28.1 Å². The molecule has 4 rings (SSSR count). The molecule has 0 bridgehead atoms.